The Balaban J connectivity index is 2.27. The first-order valence-corrected chi connectivity index (χ1v) is 4.59. The van der Waals surface area contributed by atoms with Gasteiger partial charge in [0.1, 0.15) is 0 Å². The normalized spacial score (nSPS) is 28.2. The Morgan fingerprint density at radius 3 is 2.50 bits per heavy atom. The average molecular weight is 183 g/mol. The molecule has 1 aliphatic carbocycles. The van der Waals surface area contributed by atoms with Gasteiger partial charge < -0.3 is 5.11 Å². The molecule has 1 fully saturated rings. The van der Waals surface area contributed by atoms with E-state index in [1.54, 1.807) is 0 Å². The molecule has 1 aromatic carbocycles. The molecule has 2 rings (SSSR count). The first kappa shape index (κ1) is 8.09. The second-order valence-corrected chi connectivity index (χ2v) is 3.68. The van der Waals surface area contributed by atoms with Crippen LogP contribution >= 0.6 is 11.6 Å². The first-order chi connectivity index (χ1) is 5.79. The maximum absolute atomic E-state index is 9.43. The van der Waals surface area contributed by atoms with Gasteiger partial charge in [-0.05, 0) is 24.5 Å². The molecule has 2 atom stereocenters. The van der Waals surface area contributed by atoms with E-state index in [2.05, 4.69) is 0 Å². The molecule has 0 radical (unpaired) electrons. The molecule has 0 spiro atoms. The number of hydrogen-bond acceptors (Lipinski definition) is 1. The van der Waals surface area contributed by atoms with Crippen molar-refractivity contribution < 1.29 is 5.11 Å². The van der Waals surface area contributed by atoms with E-state index in [4.69, 9.17) is 11.6 Å². The lowest BCUT2D eigenvalue weighted by Crippen LogP contribution is -2.28. The number of hydrogen-bond donors (Lipinski definition) is 1. The van der Waals surface area contributed by atoms with Crippen LogP contribution in [0.1, 0.15) is 24.3 Å². The Bertz CT molecular complexity index is 285. The highest BCUT2D eigenvalue weighted by molar-refractivity contribution is 6.31. The topological polar surface area (TPSA) is 20.2 Å². The van der Waals surface area contributed by atoms with Crippen molar-refractivity contribution in [2.45, 2.75) is 24.9 Å². The monoisotopic (exact) mass is 182 g/mol. The minimum absolute atomic E-state index is 0.176. The Hall–Kier alpha value is -0.530. The van der Waals surface area contributed by atoms with Crippen molar-refractivity contribution in [2.24, 2.45) is 0 Å². The third-order valence-corrected chi connectivity index (χ3v) is 2.89. The highest BCUT2D eigenvalue weighted by atomic mass is 35.5. The van der Waals surface area contributed by atoms with Crippen LogP contribution < -0.4 is 0 Å². The number of rotatable bonds is 1. The van der Waals surface area contributed by atoms with Crippen LogP contribution in [0.3, 0.4) is 0 Å². The average Bonchev–Trinajstić information content (AvgIpc) is 2.06. The number of aliphatic hydroxyl groups is 1. The van der Waals surface area contributed by atoms with Crippen LogP contribution in [0.2, 0.25) is 5.02 Å². The molecule has 2 unspecified atom stereocenters. The molecule has 1 aliphatic rings. The number of aliphatic hydroxyl groups excluding tert-OH is 1. The SMILES string of the molecule is OC1CCC1c1ccccc1Cl. The summed E-state index contributed by atoms with van der Waals surface area (Å²) in [5.41, 5.74) is 1.10. The van der Waals surface area contributed by atoms with E-state index in [1.165, 1.54) is 0 Å². The summed E-state index contributed by atoms with van der Waals surface area (Å²) < 4.78 is 0. The summed E-state index contributed by atoms with van der Waals surface area (Å²) in [6, 6.07) is 7.75. The van der Waals surface area contributed by atoms with Gasteiger partial charge in [0.2, 0.25) is 0 Å². The fourth-order valence-electron chi connectivity index (χ4n) is 1.62. The van der Waals surface area contributed by atoms with E-state index < -0.39 is 0 Å². The van der Waals surface area contributed by atoms with E-state index in [0.29, 0.717) is 0 Å². The lowest BCUT2D eigenvalue weighted by atomic mass is 9.77. The van der Waals surface area contributed by atoms with Gasteiger partial charge in [-0.15, -0.1) is 0 Å². The van der Waals surface area contributed by atoms with Crippen molar-refractivity contribution in [1.29, 1.82) is 0 Å². The van der Waals surface area contributed by atoms with Gasteiger partial charge in [0.15, 0.2) is 0 Å². The van der Waals surface area contributed by atoms with Crippen LogP contribution in [-0.4, -0.2) is 11.2 Å². The van der Waals surface area contributed by atoms with Crippen molar-refractivity contribution in [1.82, 2.24) is 0 Å². The van der Waals surface area contributed by atoms with E-state index >= 15 is 0 Å². The molecule has 0 aliphatic heterocycles. The van der Waals surface area contributed by atoms with Gasteiger partial charge in [0.05, 0.1) is 6.10 Å². The van der Waals surface area contributed by atoms with Crippen molar-refractivity contribution in [2.75, 3.05) is 0 Å². The first-order valence-electron chi connectivity index (χ1n) is 4.21. The molecule has 0 bridgehead atoms. The van der Waals surface area contributed by atoms with Crippen molar-refractivity contribution in [3.8, 4) is 0 Å². The van der Waals surface area contributed by atoms with E-state index in [0.717, 1.165) is 23.4 Å². The summed E-state index contributed by atoms with van der Waals surface area (Å²) in [7, 11) is 0. The quantitative estimate of drug-likeness (QED) is 0.708. The lowest BCUT2D eigenvalue weighted by molar-refractivity contribution is 0.0662. The Labute approximate surface area is 77.0 Å². The van der Waals surface area contributed by atoms with Crippen molar-refractivity contribution in [3.05, 3.63) is 34.9 Å². The molecule has 0 saturated heterocycles. The highest BCUT2D eigenvalue weighted by Crippen LogP contribution is 2.39. The minimum atomic E-state index is -0.176. The van der Waals surface area contributed by atoms with Crippen LogP contribution in [0, 0.1) is 0 Å². The molecule has 0 amide bonds. The predicted octanol–water partition coefficient (Wildman–Crippen LogP) is 2.58. The summed E-state index contributed by atoms with van der Waals surface area (Å²) in [6.07, 6.45) is 1.80. The van der Waals surface area contributed by atoms with Gasteiger partial charge in [-0.25, -0.2) is 0 Å². The standard InChI is InChI=1S/C10H11ClO/c11-9-4-2-1-3-7(9)8-5-6-10(8)12/h1-4,8,10,12H,5-6H2. The lowest BCUT2D eigenvalue weighted by Gasteiger charge is -2.33. The van der Waals surface area contributed by atoms with Crippen LogP contribution in [0.25, 0.3) is 0 Å². The largest absolute Gasteiger partial charge is 0.392 e. The third kappa shape index (κ3) is 1.23. The van der Waals surface area contributed by atoms with Crippen LogP contribution in [-0.2, 0) is 0 Å². The molecule has 0 aromatic heterocycles. The molecule has 1 saturated carbocycles. The molecule has 1 nitrogen and oxygen atoms in total. The van der Waals surface area contributed by atoms with E-state index in [1.807, 2.05) is 24.3 Å². The smallest absolute Gasteiger partial charge is 0.0609 e. The highest BCUT2D eigenvalue weighted by Gasteiger charge is 2.31. The molecular formula is C10H11ClO. The zero-order chi connectivity index (χ0) is 8.55. The molecule has 0 heterocycles. The number of halogens is 1. The van der Waals surface area contributed by atoms with Gasteiger partial charge in [-0.2, -0.15) is 0 Å². The zero-order valence-corrected chi connectivity index (χ0v) is 7.46. The van der Waals surface area contributed by atoms with Gasteiger partial charge in [0, 0.05) is 10.9 Å². The zero-order valence-electron chi connectivity index (χ0n) is 6.70. The third-order valence-electron chi connectivity index (χ3n) is 2.54. The van der Waals surface area contributed by atoms with Gasteiger partial charge >= 0.3 is 0 Å². The Morgan fingerprint density at radius 1 is 1.25 bits per heavy atom. The fourth-order valence-corrected chi connectivity index (χ4v) is 1.90. The van der Waals surface area contributed by atoms with Crippen LogP contribution in [0.15, 0.2) is 24.3 Å². The molecule has 12 heavy (non-hydrogen) atoms. The summed E-state index contributed by atoms with van der Waals surface area (Å²) in [4.78, 5) is 0. The molecule has 1 N–H and O–H groups in total. The van der Waals surface area contributed by atoms with E-state index in [9.17, 15) is 5.11 Å². The van der Waals surface area contributed by atoms with Crippen LogP contribution in [0.5, 0.6) is 0 Å². The second-order valence-electron chi connectivity index (χ2n) is 3.27. The molecular weight excluding hydrogens is 172 g/mol. The Morgan fingerprint density at radius 2 is 2.00 bits per heavy atom. The summed E-state index contributed by atoms with van der Waals surface area (Å²) in [6.45, 7) is 0. The van der Waals surface area contributed by atoms with E-state index in [-0.39, 0.29) is 12.0 Å². The summed E-state index contributed by atoms with van der Waals surface area (Å²) >= 11 is 5.99. The van der Waals surface area contributed by atoms with Crippen molar-refractivity contribution >= 4 is 11.6 Å². The maximum atomic E-state index is 9.43. The maximum Gasteiger partial charge on any atom is 0.0609 e. The summed E-state index contributed by atoms with van der Waals surface area (Å²) in [5, 5.41) is 10.2. The van der Waals surface area contributed by atoms with Crippen molar-refractivity contribution in [3.63, 3.8) is 0 Å². The van der Waals surface area contributed by atoms with Crippen LogP contribution in [0.4, 0.5) is 0 Å². The molecule has 2 heteroatoms. The summed E-state index contributed by atoms with van der Waals surface area (Å²) in [5.74, 6) is 0.277. The molecule has 1 aromatic rings. The second kappa shape index (κ2) is 3.08. The fraction of sp³-hybridized carbons (Fsp3) is 0.400. The molecule has 64 valence electrons. The van der Waals surface area contributed by atoms with Gasteiger partial charge in [0.25, 0.3) is 0 Å². The minimum Gasteiger partial charge on any atom is -0.392 e. The predicted molar refractivity (Wildman–Crippen MR) is 49.4 cm³/mol. The number of benzene rings is 1. The van der Waals surface area contributed by atoms with Gasteiger partial charge in [-0.1, -0.05) is 29.8 Å². The van der Waals surface area contributed by atoms with Gasteiger partial charge in [-0.3, -0.25) is 0 Å². The Kier molecular flexibility index (Phi) is 2.07.